The van der Waals surface area contributed by atoms with Gasteiger partial charge in [-0.3, -0.25) is 4.79 Å². The first-order valence-electron chi connectivity index (χ1n) is 6.06. The van der Waals surface area contributed by atoms with Crippen LogP contribution < -0.4 is 15.4 Å². The van der Waals surface area contributed by atoms with Crippen LogP contribution in [0.3, 0.4) is 0 Å². The van der Waals surface area contributed by atoms with E-state index in [0.717, 1.165) is 25.9 Å². The Morgan fingerprint density at radius 2 is 2.32 bits per heavy atom. The summed E-state index contributed by atoms with van der Waals surface area (Å²) in [5, 5.41) is 6.10. The zero-order valence-electron chi connectivity index (χ0n) is 10.7. The highest BCUT2D eigenvalue weighted by atomic mass is 35.5. The summed E-state index contributed by atoms with van der Waals surface area (Å²) in [4.78, 5) is 11.9. The molecule has 1 amide bonds. The number of hydrogen-bond acceptors (Lipinski definition) is 3. The number of rotatable bonds is 3. The van der Waals surface area contributed by atoms with Gasteiger partial charge in [-0.2, -0.15) is 0 Å². The van der Waals surface area contributed by atoms with E-state index in [0.29, 0.717) is 5.56 Å². The van der Waals surface area contributed by atoms with Gasteiger partial charge in [-0.25, -0.2) is 4.39 Å². The number of amides is 1. The van der Waals surface area contributed by atoms with Gasteiger partial charge in [0.1, 0.15) is 0 Å². The second kappa shape index (κ2) is 7.31. The van der Waals surface area contributed by atoms with Crippen LogP contribution >= 0.6 is 12.4 Å². The smallest absolute Gasteiger partial charge is 0.251 e. The highest BCUT2D eigenvalue weighted by molar-refractivity contribution is 5.94. The average Bonchev–Trinajstić information content (AvgIpc) is 2.39. The fourth-order valence-electron chi connectivity index (χ4n) is 2.05. The maximum atomic E-state index is 13.5. The Morgan fingerprint density at radius 3 is 2.89 bits per heavy atom. The van der Waals surface area contributed by atoms with Gasteiger partial charge in [0.25, 0.3) is 5.91 Å². The summed E-state index contributed by atoms with van der Waals surface area (Å²) in [5.74, 6) is -0.622. The molecule has 0 bridgehead atoms. The second-order valence-electron chi connectivity index (χ2n) is 4.37. The van der Waals surface area contributed by atoms with Crippen LogP contribution in [-0.4, -0.2) is 32.1 Å². The molecule has 1 saturated heterocycles. The number of nitrogens with one attached hydrogen (secondary N) is 2. The molecule has 0 aromatic heterocycles. The van der Waals surface area contributed by atoms with Crippen molar-refractivity contribution in [2.75, 3.05) is 20.2 Å². The highest BCUT2D eigenvalue weighted by Crippen LogP contribution is 2.17. The van der Waals surface area contributed by atoms with Gasteiger partial charge >= 0.3 is 0 Å². The Bertz CT molecular complexity index is 437. The minimum absolute atomic E-state index is 0. The predicted octanol–water partition coefficient (Wildman–Crippen LogP) is 1.74. The van der Waals surface area contributed by atoms with Crippen molar-refractivity contribution in [1.82, 2.24) is 10.6 Å². The molecule has 1 aromatic rings. The van der Waals surface area contributed by atoms with E-state index in [2.05, 4.69) is 10.6 Å². The van der Waals surface area contributed by atoms with Crippen molar-refractivity contribution in [2.45, 2.75) is 18.9 Å². The molecule has 0 radical (unpaired) electrons. The number of ether oxygens (including phenoxy) is 1. The van der Waals surface area contributed by atoms with Gasteiger partial charge in [0.2, 0.25) is 0 Å². The van der Waals surface area contributed by atoms with Crippen molar-refractivity contribution in [3.63, 3.8) is 0 Å². The van der Waals surface area contributed by atoms with Crippen LogP contribution in [-0.2, 0) is 0 Å². The SMILES string of the molecule is COc1ccc(C(=O)N[C@H]2CCCNC2)cc1F.Cl. The zero-order chi connectivity index (χ0) is 13.0. The normalized spacial score (nSPS) is 18.3. The van der Waals surface area contributed by atoms with Crippen molar-refractivity contribution >= 4 is 18.3 Å². The van der Waals surface area contributed by atoms with E-state index in [1.807, 2.05) is 0 Å². The maximum Gasteiger partial charge on any atom is 0.251 e. The number of carbonyl (C=O) groups excluding carboxylic acids is 1. The summed E-state index contributed by atoms with van der Waals surface area (Å²) >= 11 is 0. The van der Waals surface area contributed by atoms with Crippen LogP contribution in [0.2, 0.25) is 0 Å². The van der Waals surface area contributed by atoms with E-state index < -0.39 is 5.82 Å². The summed E-state index contributed by atoms with van der Waals surface area (Å²) in [6.45, 7) is 1.76. The van der Waals surface area contributed by atoms with Gasteiger partial charge in [0, 0.05) is 18.2 Å². The third-order valence-corrected chi connectivity index (χ3v) is 3.05. The summed E-state index contributed by atoms with van der Waals surface area (Å²) in [6, 6.07) is 4.35. The fourth-order valence-corrected chi connectivity index (χ4v) is 2.05. The van der Waals surface area contributed by atoms with Crippen molar-refractivity contribution < 1.29 is 13.9 Å². The van der Waals surface area contributed by atoms with Crippen molar-refractivity contribution in [3.8, 4) is 5.75 Å². The van der Waals surface area contributed by atoms with Gasteiger partial charge < -0.3 is 15.4 Å². The first-order chi connectivity index (χ1) is 8.70. The first kappa shape index (κ1) is 15.7. The number of methoxy groups -OCH3 is 1. The Morgan fingerprint density at radius 1 is 1.53 bits per heavy atom. The van der Waals surface area contributed by atoms with Gasteiger partial charge in [-0.05, 0) is 37.6 Å². The fraction of sp³-hybridized carbons (Fsp3) is 0.462. The lowest BCUT2D eigenvalue weighted by molar-refractivity contribution is 0.0930. The summed E-state index contributed by atoms with van der Waals surface area (Å²) in [6.07, 6.45) is 2.00. The molecule has 1 heterocycles. The van der Waals surface area contributed by atoms with E-state index >= 15 is 0 Å². The molecular formula is C13H18ClFN2O2. The molecule has 1 aliphatic heterocycles. The van der Waals surface area contributed by atoms with E-state index in [1.54, 1.807) is 6.07 Å². The molecule has 2 N–H and O–H groups in total. The summed E-state index contributed by atoms with van der Waals surface area (Å²) < 4.78 is 18.3. The Labute approximate surface area is 118 Å². The standard InChI is InChI=1S/C13H17FN2O2.ClH/c1-18-12-5-4-9(7-11(12)14)13(17)16-10-3-2-6-15-8-10;/h4-5,7,10,15H,2-3,6,8H2,1H3,(H,16,17);1H/t10-;/m0./s1. The van der Waals surface area contributed by atoms with Crippen LogP contribution in [0.1, 0.15) is 23.2 Å². The summed E-state index contributed by atoms with van der Waals surface area (Å²) in [5.41, 5.74) is 0.318. The number of carbonyl (C=O) groups is 1. The van der Waals surface area contributed by atoms with E-state index in [4.69, 9.17) is 4.74 Å². The molecule has 2 rings (SSSR count). The molecule has 0 aliphatic carbocycles. The van der Waals surface area contributed by atoms with Gasteiger partial charge in [0.05, 0.1) is 7.11 Å². The monoisotopic (exact) mass is 288 g/mol. The van der Waals surface area contributed by atoms with Crippen LogP contribution in [0, 0.1) is 5.82 Å². The minimum atomic E-state index is -0.521. The molecule has 4 nitrogen and oxygen atoms in total. The first-order valence-corrected chi connectivity index (χ1v) is 6.06. The van der Waals surface area contributed by atoms with Gasteiger partial charge in [0.15, 0.2) is 11.6 Å². The second-order valence-corrected chi connectivity index (χ2v) is 4.37. The van der Waals surface area contributed by atoms with E-state index in [-0.39, 0.29) is 30.1 Å². The molecule has 1 aliphatic rings. The zero-order valence-corrected chi connectivity index (χ0v) is 11.6. The molecular weight excluding hydrogens is 271 g/mol. The minimum Gasteiger partial charge on any atom is -0.494 e. The third-order valence-electron chi connectivity index (χ3n) is 3.05. The topological polar surface area (TPSA) is 50.4 Å². The predicted molar refractivity (Wildman–Crippen MR) is 73.6 cm³/mol. The quantitative estimate of drug-likeness (QED) is 0.891. The number of benzene rings is 1. The lowest BCUT2D eigenvalue weighted by Crippen LogP contribution is -2.45. The Balaban J connectivity index is 0.00000180. The number of hydrogen-bond donors (Lipinski definition) is 2. The molecule has 6 heteroatoms. The molecule has 19 heavy (non-hydrogen) atoms. The lowest BCUT2D eigenvalue weighted by atomic mass is 10.1. The van der Waals surface area contributed by atoms with Crippen LogP contribution in [0.15, 0.2) is 18.2 Å². The third kappa shape index (κ3) is 4.08. The van der Waals surface area contributed by atoms with Crippen LogP contribution in [0.25, 0.3) is 0 Å². The number of piperidine rings is 1. The average molecular weight is 289 g/mol. The van der Waals surface area contributed by atoms with Crippen LogP contribution in [0.4, 0.5) is 4.39 Å². The molecule has 1 atom stereocenters. The van der Waals surface area contributed by atoms with Crippen molar-refractivity contribution in [3.05, 3.63) is 29.6 Å². The molecule has 1 fully saturated rings. The lowest BCUT2D eigenvalue weighted by Gasteiger charge is -2.23. The van der Waals surface area contributed by atoms with Gasteiger partial charge in [-0.15, -0.1) is 12.4 Å². The number of halogens is 2. The molecule has 0 saturated carbocycles. The Hall–Kier alpha value is -1.33. The highest BCUT2D eigenvalue weighted by Gasteiger charge is 2.17. The molecule has 0 spiro atoms. The molecule has 1 aromatic carbocycles. The van der Waals surface area contributed by atoms with Gasteiger partial charge in [-0.1, -0.05) is 0 Å². The van der Waals surface area contributed by atoms with E-state index in [9.17, 15) is 9.18 Å². The molecule has 106 valence electrons. The summed E-state index contributed by atoms with van der Waals surface area (Å²) in [7, 11) is 1.39. The Kier molecular flexibility index (Phi) is 6.05. The van der Waals surface area contributed by atoms with Crippen LogP contribution in [0.5, 0.6) is 5.75 Å². The largest absolute Gasteiger partial charge is 0.494 e. The van der Waals surface area contributed by atoms with Crippen molar-refractivity contribution in [2.24, 2.45) is 0 Å². The molecule has 0 unspecified atom stereocenters. The maximum absolute atomic E-state index is 13.5. The van der Waals surface area contributed by atoms with E-state index in [1.165, 1.54) is 19.2 Å². The van der Waals surface area contributed by atoms with Crippen molar-refractivity contribution in [1.29, 1.82) is 0 Å².